The maximum atomic E-state index is 14.0. The molecule has 0 bridgehead atoms. The topological polar surface area (TPSA) is 54.5 Å². The van der Waals surface area contributed by atoms with Gasteiger partial charge in [0.05, 0.1) is 11.6 Å². The Morgan fingerprint density at radius 2 is 2.23 bits per heavy atom. The Morgan fingerprint density at radius 3 is 2.91 bits per heavy atom. The van der Waals surface area contributed by atoms with Crippen molar-refractivity contribution in [3.05, 3.63) is 41.7 Å². The molecular weight excluding hydrogens is 299 g/mol. The van der Waals surface area contributed by atoms with Crippen molar-refractivity contribution in [1.29, 1.82) is 5.26 Å². The fourth-order valence-corrected chi connectivity index (χ4v) is 3.11. The first kappa shape index (κ1) is 14.8. The first-order valence-corrected chi connectivity index (χ1v) is 8.08. The van der Waals surface area contributed by atoms with Crippen LogP contribution in [0.25, 0.3) is 11.4 Å². The van der Waals surface area contributed by atoms with Crippen LogP contribution >= 0.6 is 11.8 Å². The van der Waals surface area contributed by atoms with Crippen LogP contribution in [0.2, 0.25) is 0 Å². The van der Waals surface area contributed by atoms with Gasteiger partial charge in [-0.15, -0.1) is 10.2 Å². The number of allylic oxidation sites excluding steroid dienone is 1. The molecule has 1 aromatic heterocycles. The van der Waals surface area contributed by atoms with Crippen molar-refractivity contribution < 1.29 is 4.39 Å². The largest absolute Gasteiger partial charge is 0.299 e. The maximum Gasteiger partial charge on any atom is 0.192 e. The molecule has 0 aliphatic heterocycles. The van der Waals surface area contributed by atoms with E-state index in [9.17, 15) is 4.39 Å². The van der Waals surface area contributed by atoms with Crippen molar-refractivity contribution in [3.63, 3.8) is 0 Å². The van der Waals surface area contributed by atoms with Gasteiger partial charge in [-0.1, -0.05) is 30.0 Å². The summed E-state index contributed by atoms with van der Waals surface area (Å²) in [4.78, 5) is 0. The van der Waals surface area contributed by atoms with Crippen molar-refractivity contribution >= 4 is 11.8 Å². The molecule has 112 valence electrons. The van der Waals surface area contributed by atoms with E-state index in [1.807, 2.05) is 10.6 Å². The van der Waals surface area contributed by atoms with Crippen LogP contribution in [-0.4, -0.2) is 20.5 Å². The van der Waals surface area contributed by atoms with E-state index in [1.54, 1.807) is 25.1 Å². The first-order valence-electron chi connectivity index (χ1n) is 7.10. The Labute approximate surface area is 132 Å². The standard InChI is InChI=1S/C16H15FN4S/c1-11(10-18)8-9-22-16-20-19-15(21(16)12-6-7-12)13-4-2-3-5-14(13)17/h2-5,8,12H,6-7,9H2,1H3/b11-8+. The number of nitriles is 1. The fraction of sp³-hybridized carbons (Fsp3) is 0.312. The summed E-state index contributed by atoms with van der Waals surface area (Å²) in [5, 5.41) is 18.0. The van der Waals surface area contributed by atoms with Crippen LogP contribution in [0.15, 0.2) is 41.1 Å². The Morgan fingerprint density at radius 1 is 1.45 bits per heavy atom. The minimum absolute atomic E-state index is 0.284. The molecule has 22 heavy (non-hydrogen) atoms. The van der Waals surface area contributed by atoms with E-state index in [0.29, 0.717) is 28.8 Å². The molecule has 1 aliphatic carbocycles. The molecule has 1 aromatic carbocycles. The third kappa shape index (κ3) is 3.04. The van der Waals surface area contributed by atoms with Gasteiger partial charge in [0.25, 0.3) is 0 Å². The summed E-state index contributed by atoms with van der Waals surface area (Å²) in [6.45, 7) is 1.77. The number of thioether (sulfide) groups is 1. The van der Waals surface area contributed by atoms with E-state index in [4.69, 9.17) is 5.26 Å². The molecule has 3 rings (SSSR count). The number of halogens is 1. The van der Waals surface area contributed by atoms with E-state index in [0.717, 1.165) is 18.0 Å². The second kappa shape index (κ2) is 6.32. The van der Waals surface area contributed by atoms with E-state index < -0.39 is 0 Å². The van der Waals surface area contributed by atoms with Crippen LogP contribution in [0.4, 0.5) is 4.39 Å². The van der Waals surface area contributed by atoms with Crippen molar-refractivity contribution in [1.82, 2.24) is 14.8 Å². The highest BCUT2D eigenvalue weighted by Gasteiger charge is 2.30. The average molecular weight is 314 g/mol. The molecule has 1 heterocycles. The Kier molecular flexibility index (Phi) is 4.25. The van der Waals surface area contributed by atoms with E-state index >= 15 is 0 Å². The van der Waals surface area contributed by atoms with Gasteiger partial charge in [0, 0.05) is 17.4 Å². The second-order valence-corrected chi connectivity index (χ2v) is 6.18. The highest BCUT2D eigenvalue weighted by molar-refractivity contribution is 7.99. The lowest BCUT2D eigenvalue weighted by molar-refractivity contribution is 0.622. The minimum Gasteiger partial charge on any atom is -0.299 e. The molecule has 2 aromatic rings. The smallest absolute Gasteiger partial charge is 0.192 e. The number of benzene rings is 1. The SMILES string of the molecule is C/C(C#N)=C\CSc1nnc(-c2ccccc2F)n1C1CC1. The van der Waals surface area contributed by atoms with Crippen LogP contribution in [0.1, 0.15) is 25.8 Å². The molecule has 0 N–H and O–H groups in total. The third-order valence-corrected chi connectivity index (χ3v) is 4.34. The normalized spacial score (nSPS) is 14.9. The number of nitrogens with zero attached hydrogens (tertiary/aromatic N) is 4. The summed E-state index contributed by atoms with van der Waals surface area (Å²) in [6.07, 6.45) is 4.00. The summed E-state index contributed by atoms with van der Waals surface area (Å²) < 4.78 is 16.0. The summed E-state index contributed by atoms with van der Waals surface area (Å²) >= 11 is 1.52. The van der Waals surface area contributed by atoms with Gasteiger partial charge in [-0.05, 0) is 31.9 Å². The fourth-order valence-electron chi connectivity index (χ4n) is 2.15. The molecule has 0 saturated heterocycles. The van der Waals surface area contributed by atoms with E-state index in [1.165, 1.54) is 17.8 Å². The summed E-state index contributed by atoms with van der Waals surface area (Å²) in [5.74, 6) is 0.958. The Bertz CT molecular complexity index is 756. The average Bonchev–Trinajstić information content (AvgIpc) is 3.28. The maximum absolute atomic E-state index is 14.0. The number of hydrogen-bond donors (Lipinski definition) is 0. The van der Waals surface area contributed by atoms with Crippen LogP contribution in [-0.2, 0) is 0 Å². The second-order valence-electron chi connectivity index (χ2n) is 5.20. The quantitative estimate of drug-likeness (QED) is 0.619. The highest BCUT2D eigenvalue weighted by atomic mass is 32.2. The van der Waals surface area contributed by atoms with Crippen molar-refractivity contribution in [2.75, 3.05) is 5.75 Å². The molecule has 1 aliphatic rings. The molecular formula is C16H15FN4S. The predicted molar refractivity (Wildman–Crippen MR) is 83.8 cm³/mol. The van der Waals surface area contributed by atoms with E-state index in [-0.39, 0.29) is 5.82 Å². The zero-order chi connectivity index (χ0) is 15.5. The van der Waals surface area contributed by atoms with Gasteiger partial charge < -0.3 is 0 Å². The Balaban J connectivity index is 1.90. The van der Waals surface area contributed by atoms with Gasteiger partial charge in [0.2, 0.25) is 0 Å². The molecule has 1 fully saturated rings. The Hall–Kier alpha value is -2.13. The molecule has 4 nitrogen and oxygen atoms in total. The lowest BCUT2D eigenvalue weighted by atomic mass is 10.2. The van der Waals surface area contributed by atoms with Gasteiger partial charge in [0.1, 0.15) is 5.82 Å². The van der Waals surface area contributed by atoms with Crippen LogP contribution < -0.4 is 0 Å². The monoisotopic (exact) mass is 314 g/mol. The molecule has 0 radical (unpaired) electrons. The number of hydrogen-bond acceptors (Lipinski definition) is 4. The predicted octanol–water partition coefficient (Wildman–Crippen LogP) is 3.98. The minimum atomic E-state index is -0.284. The first-order chi connectivity index (χ1) is 10.7. The van der Waals surface area contributed by atoms with Gasteiger partial charge >= 0.3 is 0 Å². The summed E-state index contributed by atoms with van der Waals surface area (Å²) in [7, 11) is 0. The molecule has 6 heteroatoms. The zero-order valence-corrected chi connectivity index (χ0v) is 13.0. The van der Waals surface area contributed by atoms with Crippen molar-refractivity contribution in [2.24, 2.45) is 0 Å². The van der Waals surface area contributed by atoms with Crippen molar-refractivity contribution in [3.8, 4) is 17.5 Å². The van der Waals surface area contributed by atoms with Gasteiger partial charge in [-0.2, -0.15) is 5.26 Å². The third-order valence-electron chi connectivity index (χ3n) is 3.47. The molecule has 0 unspecified atom stereocenters. The highest BCUT2D eigenvalue weighted by Crippen LogP contribution is 2.41. The number of aromatic nitrogens is 3. The molecule has 0 amide bonds. The molecule has 0 atom stereocenters. The lowest BCUT2D eigenvalue weighted by Gasteiger charge is -2.08. The van der Waals surface area contributed by atoms with Crippen LogP contribution in [0, 0.1) is 17.1 Å². The molecule has 1 saturated carbocycles. The number of rotatable bonds is 5. The van der Waals surface area contributed by atoms with E-state index in [2.05, 4.69) is 16.3 Å². The summed E-state index contributed by atoms with van der Waals surface area (Å²) in [5.41, 5.74) is 1.16. The van der Waals surface area contributed by atoms with Crippen molar-refractivity contribution in [2.45, 2.75) is 31.0 Å². The van der Waals surface area contributed by atoms with Crippen LogP contribution in [0.5, 0.6) is 0 Å². The zero-order valence-electron chi connectivity index (χ0n) is 12.2. The molecule has 0 spiro atoms. The summed E-state index contributed by atoms with van der Waals surface area (Å²) in [6, 6.07) is 9.09. The van der Waals surface area contributed by atoms with Gasteiger partial charge in [-0.25, -0.2) is 4.39 Å². The lowest BCUT2D eigenvalue weighted by Crippen LogP contribution is -2.01. The van der Waals surface area contributed by atoms with Gasteiger partial charge in [0.15, 0.2) is 11.0 Å². The van der Waals surface area contributed by atoms with Crippen LogP contribution in [0.3, 0.4) is 0 Å². The van der Waals surface area contributed by atoms with Gasteiger partial charge in [-0.3, -0.25) is 4.57 Å².